The van der Waals surface area contributed by atoms with Gasteiger partial charge in [0.1, 0.15) is 6.54 Å². The number of aryl methyl sites for hydroxylation is 1. The van der Waals surface area contributed by atoms with Crippen LogP contribution in [0.3, 0.4) is 0 Å². The van der Waals surface area contributed by atoms with Crippen molar-refractivity contribution in [1.82, 2.24) is 20.2 Å². The number of carbonyl (C=O) groups is 2. The number of hydrogen-bond donors (Lipinski definition) is 3. The first-order valence-electron chi connectivity index (χ1n) is 13.5. The van der Waals surface area contributed by atoms with Gasteiger partial charge < -0.3 is 25.4 Å². The maximum atomic E-state index is 13.6. The van der Waals surface area contributed by atoms with Crippen LogP contribution in [0.25, 0.3) is 11.3 Å². The van der Waals surface area contributed by atoms with Crippen molar-refractivity contribution < 1.29 is 19.4 Å². The molecule has 10 heteroatoms. The summed E-state index contributed by atoms with van der Waals surface area (Å²) in [5, 5.41) is 16.5. The zero-order valence-electron chi connectivity index (χ0n) is 22.9. The van der Waals surface area contributed by atoms with Gasteiger partial charge in [-0.1, -0.05) is 53.6 Å². The van der Waals surface area contributed by atoms with Crippen LogP contribution in [0.15, 0.2) is 48.7 Å². The van der Waals surface area contributed by atoms with Crippen LogP contribution in [0.1, 0.15) is 59.8 Å². The number of ether oxygens (including phenoxy) is 1. The second-order valence-corrected chi connectivity index (χ2v) is 11.3. The summed E-state index contributed by atoms with van der Waals surface area (Å²) in [6.45, 7) is 6.79. The van der Waals surface area contributed by atoms with E-state index in [0.717, 1.165) is 29.5 Å². The Hall–Kier alpha value is -3.53. The molecule has 0 aliphatic carbocycles. The fourth-order valence-electron chi connectivity index (χ4n) is 5.38. The third-order valence-electron chi connectivity index (χ3n) is 7.67. The van der Waals surface area contributed by atoms with E-state index < -0.39 is 11.6 Å². The second-order valence-electron chi connectivity index (χ2n) is 10.8. The molecule has 5 rings (SSSR count). The molecule has 1 saturated heterocycles. The van der Waals surface area contributed by atoms with Gasteiger partial charge in [0.05, 0.1) is 35.1 Å². The Morgan fingerprint density at radius 3 is 2.73 bits per heavy atom. The van der Waals surface area contributed by atoms with E-state index >= 15 is 0 Å². The molecule has 9 nitrogen and oxygen atoms in total. The normalized spacial score (nSPS) is 17.4. The monoisotopic (exact) mass is 563 g/mol. The number of aliphatic hydroxyl groups is 1. The van der Waals surface area contributed by atoms with Crippen LogP contribution in [-0.4, -0.2) is 64.2 Å². The van der Waals surface area contributed by atoms with Crippen LogP contribution < -0.4 is 10.6 Å². The van der Waals surface area contributed by atoms with Gasteiger partial charge in [0.25, 0.3) is 5.91 Å². The number of rotatable bonds is 8. The number of halogens is 1. The lowest BCUT2D eigenvalue weighted by Crippen LogP contribution is -2.46. The van der Waals surface area contributed by atoms with Crippen molar-refractivity contribution in [2.45, 2.75) is 51.2 Å². The molecule has 40 heavy (non-hydrogen) atoms. The predicted molar refractivity (Wildman–Crippen MR) is 153 cm³/mol. The van der Waals surface area contributed by atoms with Crippen molar-refractivity contribution >= 4 is 29.4 Å². The molecule has 0 saturated carbocycles. The fourth-order valence-corrected chi connectivity index (χ4v) is 5.58. The lowest BCUT2D eigenvalue weighted by molar-refractivity contribution is -0.123. The lowest BCUT2D eigenvalue weighted by Gasteiger charge is -2.32. The number of hydrogen-bond acceptors (Lipinski definition) is 7. The fraction of sp³-hybridized carbons (Fsp3) is 0.400. The summed E-state index contributed by atoms with van der Waals surface area (Å²) in [6, 6.07) is 12.9. The zero-order valence-corrected chi connectivity index (χ0v) is 23.7. The highest BCUT2D eigenvalue weighted by Crippen LogP contribution is 2.40. The van der Waals surface area contributed by atoms with Crippen molar-refractivity contribution in [3.8, 4) is 11.3 Å². The van der Waals surface area contributed by atoms with E-state index in [4.69, 9.17) is 16.3 Å². The number of aliphatic hydroxyl groups excluding tert-OH is 1. The quantitative estimate of drug-likeness (QED) is 0.375. The Labute approximate surface area is 238 Å². The van der Waals surface area contributed by atoms with Crippen molar-refractivity contribution in [2.75, 3.05) is 31.7 Å². The topological polar surface area (TPSA) is 117 Å². The van der Waals surface area contributed by atoms with Crippen LogP contribution in [-0.2, 0) is 15.1 Å². The number of carbonyl (C=O) groups excluding carboxylic acids is 2. The Bertz CT molecular complexity index is 1420. The van der Waals surface area contributed by atoms with Crippen molar-refractivity contribution in [2.24, 2.45) is 0 Å². The van der Waals surface area contributed by atoms with E-state index in [1.165, 1.54) is 0 Å². The molecule has 1 fully saturated rings. The zero-order chi connectivity index (χ0) is 28.4. The maximum Gasteiger partial charge on any atom is 0.255 e. The number of benzene rings is 2. The molecule has 0 spiro atoms. The van der Waals surface area contributed by atoms with Gasteiger partial charge in [-0.15, -0.1) is 0 Å². The molecular weight excluding hydrogens is 530 g/mol. The average Bonchev–Trinajstić information content (AvgIpc) is 3.13. The van der Waals surface area contributed by atoms with E-state index in [9.17, 15) is 14.7 Å². The Kier molecular flexibility index (Phi) is 8.07. The van der Waals surface area contributed by atoms with E-state index in [0.29, 0.717) is 41.0 Å². The van der Waals surface area contributed by atoms with Crippen molar-refractivity contribution in [3.63, 3.8) is 0 Å². The standard InChI is InChI=1S/C30H34ClN5O4/c1-18-5-4-6-19(13-18)25(17-37)34-26(38)16-36-28(39)22-14-20(7-8-23(22)30(36,2)3)27-24(31)15-32-29(35-27)33-21-9-11-40-12-10-21/h4-8,13-15,21,25,37H,9-12,16-17H2,1-3H3,(H,34,38)(H,32,33,35). The average molecular weight is 564 g/mol. The first-order chi connectivity index (χ1) is 19.2. The van der Waals surface area contributed by atoms with Crippen LogP contribution in [0.2, 0.25) is 5.02 Å². The first kappa shape index (κ1) is 28.0. The highest BCUT2D eigenvalue weighted by molar-refractivity contribution is 6.33. The maximum absolute atomic E-state index is 13.6. The van der Waals surface area contributed by atoms with E-state index in [-0.39, 0.29) is 31.0 Å². The van der Waals surface area contributed by atoms with Gasteiger partial charge in [-0.2, -0.15) is 0 Å². The van der Waals surface area contributed by atoms with Gasteiger partial charge in [0, 0.05) is 30.4 Å². The highest BCUT2D eigenvalue weighted by atomic mass is 35.5. The molecule has 1 atom stereocenters. The summed E-state index contributed by atoms with van der Waals surface area (Å²) in [5.74, 6) is -0.125. The molecule has 1 aromatic heterocycles. The summed E-state index contributed by atoms with van der Waals surface area (Å²) < 4.78 is 5.43. The first-order valence-corrected chi connectivity index (χ1v) is 13.9. The lowest BCUT2D eigenvalue weighted by atomic mass is 9.92. The Morgan fingerprint density at radius 2 is 2.00 bits per heavy atom. The minimum absolute atomic E-state index is 0.147. The van der Waals surface area contributed by atoms with E-state index in [1.807, 2.05) is 57.2 Å². The molecule has 2 aromatic carbocycles. The Balaban J connectivity index is 1.35. The molecule has 2 aliphatic heterocycles. The molecule has 0 bridgehead atoms. The molecule has 3 N–H and O–H groups in total. The molecule has 2 amide bonds. The third kappa shape index (κ3) is 5.68. The van der Waals surface area contributed by atoms with Crippen LogP contribution in [0.5, 0.6) is 0 Å². The van der Waals surface area contributed by atoms with Crippen LogP contribution in [0, 0.1) is 6.92 Å². The Morgan fingerprint density at radius 1 is 1.23 bits per heavy atom. The summed E-state index contributed by atoms with van der Waals surface area (Å²) >= 11 is 6.50. The highest BCUT2D eigenvalue weighted by Gasteiger charge is 2.44. The number of amides is 2. The number of anilines is 1. The summed E-state index contributed by atoms with van der Waals surface area (Å²) in [7, 11) is 0. The summed E-state index contributed by atoms with van der Waals surface area (Å²) in [5.41, 5.74) is 3.66. The van der Waals surface area contributed by atoms with Crippen LogP contribution in [0.4, 0.5) is 5.95 Å². The van der Waals surface area contributed by atoms with Gasteiger partial charge >= 0.3 is 0 Å². The molecule has 0 radical (unpaired) electrons. The van der Waals surface area contributed by atoms with Gasteiger partial charge in [0.15, 0.2) is 0 Å². The minimum atomic E-state index is -0.717. The summed E-state index contributed by atoms with van der Waals surface area (Å²) in [6.07, 6.45) is 3.31. The minimum Gasteiger partial charge on any atom is -0.394 e. The van der Waals surface area contributed by atoms with Crippen molar-refractivity contribution in [3.05, 3.63) is 75.9 Å². The second kappa shape index (κ2) is 11.5. The molecule has 2 aliphatic rings. The smallest absolute Gasteiger partial charge is 0.255 e. The van der Waals surface area contributed by atoms with Crippen molar-refractivity contribution in [1.29, 1.82) is 0 Å². The van der Waals surface area contributed by atoms with Gasteiger partial charge in [-0.25, -0.2) is 9.97 Å². The van der Waals surface area contributed by atoms with E-state index in [2.05, 4.69) is 20.6 Å². The number of fused-ring (bicyclic) bond motifs is 1. The van der Waals surface area contributed by atoms with E-state index in [1.54, 1.807) is 17.2 Å². The molecule has 210 valence electrons. The molecule has 3 aromatic rings. The molecule has 1 unspecified atom stereocenters. The van der Waals surface area contributed by atoms with Gasteiger partial charge in [0.2, 0.25) is 11.9 Å². The van der Waals surface area contributed by atoms with Crippen LogP contribution >= 0.6 is 11.6 Å². The van der Waals surface area contributed by atoms with Gasteiger partial charge in [-0.3, -0.25) is 9.59 Å². The number of aromatic nitrogens is 2. The summed E-state index contributed by atoms with van der Waals surface area (Å²) in [4.78, 5) is 37.3. The number of nitrogens with zero attached hydrogens (tertiary/aromatic N) is 3. The third-order valence-corrected chi connectivity index (χ3v) is 7.94. The number of nitrogens with one attached hydrogen (secondary N) is 2. The molecule has 3 heterocycles. The largest absolute Gasteiger partial charge is 0.394 e. The van der Waals surface area contributed by atoms with Gasteiger partial charge in [-0.05, 0) is 50.8 Å². The SMILES string of the molecule is Cc1cccc(C(CO)NC(=O)CN2C(=O)c3cc(-c4nc(NC5CCOCC5)ncc4Cl)ccc3C2(C)C)c1. The predicted octanol–water partition coefficient (Wildman–Crippen LogP) is 4.24. The molecular formula is C30H34ClN5O4.